The smallest absolute Gasteiger partial charge is 0.271 e. The topological polar surface area (TPSA) is 72.2 Å². The molecule has 0 heterocycles. The number of hydrogen-bond acceptors (Lipinski definition) is 3. The van der Waals surface area contributed by atoms with Crippen molar-refractivity contribution in [3.05, 3.63) is 33.9 Å². The van der Waals surface area contributed by atoms with Gasteiger partial charge in [0.05, 0.1) is 10.6 Å². The van der Waals surface area contributed by atoms with Crippen LogP contribution >= 0.6 is 0 Å². The SMILES string of the molecule is Cc1ccc([N+](=O)[O-])cc1NC(=O)C1[C@H]2[C@H]3CC[C@@H](C3)[C@H]12. The van der Waals surface area contributed by atoms with Gasteiger partial charge >= 0.3 is 0 Å². The molecule has 0 saturated heterocycles. The molecule has 4 atom stereocenters. The fourth-order valence-electron chi connectivity index (χ4n) is 4.75. The third-order valence-corrected chi connectivity index (χ3v) is 5.73. The van der Waals surface area contributed by atoms with Crippen LogP contribution in [0.3, 0.4) is 0 Å². The molecule has 4 rings (SSSR count). The average Bonchev–Trinajstić information content (AvgIpc) is 2.90. The fourth-order valence-corrected chi connectivity index (χ4v) is 4.75. The maximum atomic E-state index is 12.5. The van der Waals surface area contributed by atoms with Crippen molar-refractivity contribution in [3.63, 3.8) is 0 Å². The molecule has 0 spiro atoms. The van der Waals surface area contributed by atoms with Crippen molar-refractivity contribution >= 4 is 17.3 Å². The van der Waals surface area contributed by atoms with E-state index in [4.69, 9.17) is 0 Å². The fraction of sp³-hybridized carbons (Fsp3) is 0.562. The summed E-state index contributed by atoms with van der Waals surface area (Å²) in [5.41, 5.74) is 1.46. The maximum Gasteiger partial charge on any atom is 0.271 e. The van der Waals surface area contributed by atoms with Crippen LogP contribution in [0.4, 0.5) is 11.4 Å². The number of benzene rings is 1. The Morgan fingerprint density at radius 2 is 1.95 bits per heavy atom. The summed E-state index contributed by atoms with van der Waals surface area (Å²) in [4.78, 5) is 22.9. The predicted octanol–water partition coefficient (Wildman–Crippen LogP) is 3.13. The number of fused-ring (bicyclic) bond motifs is 5. The molecule has 0 aromatic heterocycles. The van der Waals surface area contributed by atoms with Crippen molar-refractivity contribution in [2.24, 2.45) is 29.6 Å². The first-order valence-electron chi connectivity index (χ1n) is 7.62. The van der Waals surface area contributed by atoms with E-state index in [0.717, 1.165) is 17.4 Å². The number of anilines is 1. The summed E-state index contributed by atoms with van der Waals surface area (Å²) in [6.07, 6.45) is 3.88. The van der Waals surface area contributed by atoms with Gasteiger partial charge in [0.25, 0.3) is 5.69 Å². The van der Waals surface area contributed by atoms with Gasteiger partial charge in [0, 0.05) is 18.1 Å². The van der Waals surface area contributed by atoms with E-state index < -0.39 is 4.92 Å². The quantitative estimate of drug-likeness (QED) is 0.685. The number of nitro benzene ring substituents is 1. The third-order valence-electron chi connectivity index (χ3n) is 5.73. The van der Waals surface area contributed by atoms with Gasteiger partial charge in [-0.2, -0.15) is 0 Å². The van der Waals surface area contributed by atoms with Crippen LogP contribution in [0, 0.1) is 46.6 Å². The molecule has 3 saturated carbocycles. The Morgan fingerprint density at radius 3 is 2.57 bits per heavy atom. The van der Waals surface area contributed by atoms with E-state index in [9.17, 15) is 14.9 Å². The number of nitrogens with one attached hydrogen (secondary N) is 1. The highest BCUT2D eigenvalue weighted by molar-refractivity contribution is 5.96. The van der Waals surface area contributed by atoms with Gasteiger partial charge in [-0.3, -0.25) is 14.9 Å². The summed E-state index contributed by atoms with van der Waals surface area (Å²) in [6, 6.07) is 4.61. The van der Waals surface area contributed by atoms with Crippen LogP contribution < -0.4 is 5.32 Å². The standard InChI is InChI=1S/C16H18N2O3/c1-8-2-5-11(18(20)21)7-12(8)17-16(19)15-13-9-3-4-10(6-9)14(13)15/h2,5,7,9-10,13-15H,3-4,6H2,1H3,(H,17,19)/t9-,10-,13-,14-/m0/s1. The first kappa shape index (κ1) is 12.8. The summed E-state index contributed by atoms with van der Waals surface area (Å²) in [5, 5.41) is 13.8. The number of amides is 1. The largest absolute Gasteiger partial charge is 0.325 e. The molecule has 0 unspecified atom stereocenters. The maximum absolute atomic E-state index is 12.5. The number of nitrogens with zero attached hydrogens (tertiary/aromatic N) is 1. The molecule has 3 aliphatic carbocycles. The van der Waals surface area contributed by atoms with E-state index in [1.165, 1.54) is 31.4 Å². The molecule has 0 aliphatic heterocycles. The first-order valence-corrected chi connectivity index (χ1v) is 7.62. The van der Waals surface area contributed by atoms with E-state index >= 15 is 0 Å². The molecular weight excluding hydrogens is 268 g/mol. The number of hydrogen-bond donors (Lipinski definition) is 1. The average molecular weight is 286 g/mol. The molecular formula is C16H18N2O3. The Kier molecular flexibility index (Phi) is 2.62. The highest BCUT2D eigenvalue weighted by Crippen LogP contribution is 2.69. The highest BCUT2D eigenvalue weighted by Gasteiger charge is 2.67. The van der Waals surface area contributed by atoms with Crippen LogP contribution in [0.1, 0.15) is 24.8 Å². The lowest BCUT2D eigenvalue weighted by atomic mass is 10.0. The third kappa shape index (κ3) is 1.87. The van der Waals surface area contributed by atoms with Crippen molar-refractivity contribution in [2.75, 3.05) is 5.32 Å². The normalized spacial score (nSPS) is 35.4. The Labute approximate surface area is 122 Å². The monoisotopic (exact) mass is 286 g/mol. The van der Waals surface area contributed by atoms with Gasteiger partial charge in [-0.05, 0) is 55.4 Å². The molecule has 1 N–H and O–H groups in total. The van der Waals surface area contributed by atoms with Gasteiger partial charge in [-0.25, -0.2) is 0 Å². The minimum Gasteiger partial charge on any atom is -0.325 e. The second-order valence-electron chi connectivity index (χ2n) is 6.76. The van der Waals surface area contributed by atoms with Crippen LogP contribution in [0.25, 0.3) is 0 Å². The van der Waals surface area contributed by atoms with Crippen LogP contribution in [-0.2, 0) is 4.79 Å². The Balaban J connectivity index is 1.51. The summed E-state index contributed by atoms with van der Waals surface area (Å²) in [5.74, 6) is 2.88. The second kappa shape index (κ2) is 4.29. The van der Waals surface area contributed by atoms with Gasteiger partial charge in [0.2, 0.25) is 5.91 Å². The lowest BCUT2D eigenvalue weighted by molar-refractivity contribution is -0.384. The molecule has 1 aromatic carbocycles. The molecule has 5 nitrogen and oxygen atoms in total. The lowest BCUT2D eigenvalue weighted by Gasteiger charge is -2.11. The van der Waals surface area contributed by atoms with Gasteiger partial charge in [-0.15, -0.1) is 0 Å². The van der Waals surface area contributed by atoms with Gasteiger partial charge in [0.15, 0.2) is 0 Å². The molecule has 5 heteroatoms. The Hall–Kier alpha value is -1.91. The molecule has 1 amide bonds. The number of aryl methyl sites for hydroxylation is 1. The molecule has 21 heavy (non-hydrogen) atoms. The minimum atomic E-state index is -0.429. The zero-order valence-electron chi connectivity index (χ0n) is 11.9. The van der Waals surface area contributed by atoms with Crippen molar-refractivity contribution < 1.29 is 9.72 Å². The Morgan fingerprint density at radius 1 is 1.29 bits per heavy atom. The first-order chi connectivity index (χ1) is 10.1. The van der Waals surface area contributed by atoms with E-state index in [-0.39, 0.29) is 17.5 Å². The number of rotatable bonds is 3. The summed E-state index contributed by atoms with van der Waals surface area (Å²) in [7, 11) is 0. The molecule has 110 valence electrons. The summed E-state index contributed by atoms with van der Waals surface area (Å²) >= 11 is 0. The van der Waals surface area contributed by atoms with Crippen molar-refractivity contribution in [1.29, 1.82) is 0 Å². The van der Waals surface area contributed by atoms with Crippen LogP contribution in [0.15, 0.2) is 18.2 Å². The predicted molar refractivity (Wildman–Crippen MR) is 77.8 cm³/mol. The summed E-state index contributed by atoms with van der Waals surface area (Å²) < 4.78 is 0. The van der Waals surface area contributed by atoms with E-state index in [0.29, 0.717) is 17.5 Å². The molecule has 3 fully saturated rings. The van der Waals surface area contributed by atoms with Crippen molar-refractivity contribution in [1.82, 2.24) is 0 Å². The number of non-ortho nitro benzene ring substituents is 1. The van der Waals surface area contributed by atoms with Gasteiger partial charge in [0.1, 0.15) is 0 Å². The van der Waals surface area contributed by atoms with Crippen molar-refractivity contribution in [2.45, 2.75) is 26.2 Å². The van der Waals surface area contributed by atoms with E-state index in [1.54, 1.807) is 6.07 Å². The number of nitro groups is 1. The molecule has 0 radical (unpaired) electrons. The van der Waals surface area contributed by atoms with E-state index in [2.05, 4.69) is 5.32 Å². The zero-order valence-corrected chi connectivity index (χ0v) is 11.9. The van der Waals surface area contributed by atoms with Crippen LogP contribution in [0.2, 0.25) is 0 Å². The lowest BCUT2D eigenvalue weighted by Crippen LogP contribution is -2.19. The minimum absolute atomic E-state index is 0.0203. The zero-order chi connectivity index (χ0) is 14.7. The second-order valence-corrected chi connectivity index (χ2v) is 6.76. The van der Waals surface area contributed by atoms with Gasteiger partial charge < -0.3 is 5.32 Å². The van der Waals surface area contributed by atoms with Crippen molar-refractivity contribution in [3.8, 4) is 0 Å². The van der Waals surface area contributed by atoms with E-state index in [1.807, 2.05) is 6.92 Å². The Bertz CT molecular complexity index is 626. The molecule has 2 bridgehead atoms. The van der Waals surface area contributed by atoms with Gasteiger partial charge in [-0.1, -0.05) is 6.07 Å². The molecule has 1 aromatic rings. The number of carbonyl (C=O) groups excluding carboxylic acids is 1. The number of carbonyl (C=O) groups is 1. The van der Waals surface area contributed by atoms with Crippen LogP contribution in [0.5, 0.6) is 0 Å². The molecule has 3 aliphatic rings. The highest BCUT2D eigenvalue weighted by atomic mass is 16.6. The van der Waals surface area contributed by atoms with Crippen LogP contribution in [-0.4, -0.2) is 10.8 Å². The summed E-state index contributed by atoms with van der Waals surface area (Å²) in [6.45, 7) is 1.86.